The molecule has 0 aliphatic heterocycles. The second-order valence-corrected chi connectivity index (χ2v) is 4.27. The lowest BCUT2D eigenvalue weighted by molar-refractivity contribution is 0.618. The van der Waals surface area contributed by atoms with E-state index in [1.807, 2.05) is 12.1 Å². The van der Waals surface area contributed by atoms with E-state index in [4.69, 9.17) is 5.73 Å². The number of hydrogen-bond donors (Lipinski definition) is 1. The van der Waals surface area contributed by atoms with Crippen molar-refractivity contribution < 1.29 is 4.39 Å². The van der Waals surface area contributed by atoms with Crippen LogP contribution in [0.15, 0.2) is 30.3 Å². The molecule has 1 aromatic carbocycles. The molecule has 19 heavy (non-hydrogen) atoms. The first-order valence-corrected chi connectivity index (χ1v) is 5.87. The molecule has 0 spiro atoms. The SMILES string of the molecule is Cc1cc(-c2ccc3nnc(CN)n3n2)ccc1F. The number of aromatic nitrogens is 4. The minimum absolute atomic E-state index is 0.225. The van der Waals surface area contributed by atoms with Crippen molar-refractivity contribution in [2.24, 2.45) is 5.73 Å². The van der Waals surface area contributed by atoms with Crippen LogP contribution in [0, 0.1) is 12.7 Å². The number of fused-ring (bicyclic) bond motifs is 1. The van der Waals surface area contributed by atoms with Crippen LogP contribution < -0.4 is 5.73 Å². The first kappa shape index (κ1) is 11.7. The highest BCUT2D eigenvalue weighted by Gasteiger charge is 2.08. The molecule has 0 fully saturated rings. The third-order valence-electron chi connectivity index (χ3n) is 2.96. The van der Waals surface area contributed by atoms with E-state index >= 15 is 0 Å². The van der Waals surface area contributed by atoms with Gasteiger partial charge in [0.25, 0.3) is 0 Å². The van der Waals surface area contributed by atoms with Gasteiger partial charge in [0.05, 0.1) is 12.2 Å². The fraction of sp³-hybridized carbons (Fsp3) is 0.154. The van der Waals surface area contributed by atoms with E-state index in [0.717, 1.165) is 11.3 Å². The molecule has 3 rings (SSSR count). The van der Waals surface area contributed by atoms with Gasteiger partial charge in [0.2, 0.25) is 0 Å². The summed E-state index contributed by atoms with van der Waals surface area (Å²) in [4.78, 5) is 0. The lowest BCUT2D eigenvalue weighted by atomic mass is 10.1. The molecule has 96 valence electrons. The molecule has 3 aromatic rings. The van der Waals surface area contributed by atoms with Gasteiger partial charge >= 0.3 is 0 Å². The Morgan fingerprint density at radius 3 is 2.79 bits per heavy atom. The summed E-state index contributed by atoms with van der Waals surface area (Å²) in [5, 5.41) is 12.3. The van der Waals surface area contributed by atoms with Crippen molar-refractivity contribution in [3.05, 3.63) is 47.5 Å². The second-order valence-electron chi connectivity index (χ2n) is 4.27. The van der Waals surface area contributed by atoms with Crippen LogP contribution in [0.1, 0.15) is 11.4 Å². The zero-order valence-electron chi connectivity index (χ0n) is 10.3. The standard InChI is InChI=1S/C13H12FN5/c1-8-6-9(2-3-10(8)14)11-4-5-12-16-17-13(7-15)19(12)18-11/h2-6H,7,15H2,1H3. The summed E-state index contributed by atoms with van der Waals surface area (Å²) in [6.45, 7) is 1.99. The van der Waals surface area contributed by atoms with Gasteiger partial charge in [0.15, 0.2) is 11.5 Å². The average Bonchev–Trinajstić information content (AvgIpc) is 2.84. The van der Waals surface area contributed by atoms with E-state index in [1.54, 1.807) is 23.6 Å². The highest BCUT2D eigenvalue weighted by atomic mass is 19.1. The zero-order chi connectivity index (χ0) is 13.4. The molecule has 2 heterocycles. The summed E-state index contributed by atoms with van der Waals surface area (Å²) in [5.74, 6) is 0.368. The molecule has 2 aromatic heterocycles. The molecule has 5 nitrogen and oxygen atoms in total. The van der Waals surface area contributed by atoms with Gasteiger partial charge in [0, 0.05) is 5.56 Å². The van der Waals surface area contributed by atoms with Crippen LogP contribution in [0.5, 0.6) is 0 Å². The van der Waals surface area contributed by atoms with Gasteiger partial charge in [-0.25, -0.2) is 4.39 Å². The Bertz CT molecular complexity index is 750. The van der Waals surface area contributed by atoms with E-state index < -0.39 is 0 Å². The molecule has 0 saturated heterocycles. The molecular weight excluding hydrogens is 245 g/mol. The van der Waals surface area contributed by atoms with Crippen molar-refractivity contribution in [2.45, 2.75) is 13.5 Å². The molecule has 6 heteroatoms. The van der Waals surface area contributed by atoms with Gasteiger partial charge in [-0.3, -0.25) is 0 Å². The monoisotopic (exact) mass is 257 g/mol. The fourth-order valence-electron chi connectivity index (χ4n) is 1.92. The summed E-state index contributed by atoms with van der Waals surface area (Å²) in [6, 6.07) is 8.54. The van der Waals surface area contributed by atoms with Crippen molar-refractivity contribution in [1.82, 2.24) is 19.8 Å². The van der Waals surface area contributed by atoms with E-state index in [-0.39, 0.29) is 12.4 Å². The summed E-state index contributed by atoms with van der Waals surface area (Å²) in [5.41, 5.74) is 8.38. The molecule has 0 unspecified atom stereocenters. The molecule has 0 aliphatic rings. The predicted octanol–water partition coefficient (Wildman–Crippen LogP) is 1.70. The van der Waals surface area contributed by atoms with Gasteiger partial charge in [-0.15, -0.1) is 10.2 Å². The van der Waals surface area contributed by atoms with E-state index in [9.17, 15) is 4.39 Å². The van der Waals surface area contributed by atoms with Crippen molar-refractivity contribution in [1.29, 1.82) is 0 Å². The quantitative estimate of drug-likeness (QED) is 0.758. The Kier molecular flexibility index (Phi) is 2.72. The largest absolute Gasteiger partial charge is 0.324 e. The van der Waals surface area contributed by atoms with E-state index in [1.165, 1.54) is 6.07 Å². The molecular formula is C13H12FN5. The van der Waals surface area contributed by atoms with Crippen LogP contribution in [0.4, 0.5) is 4.39 Å². The number of benzene rings is 1. The van der Waals surface area contributed by atoms with Gasteiger partial charge in [0.1, 0.15) is 5.82 Å². The average molecular weight is 257 g/mol. The lowest BCUT2D eigenvalue weighted by Crippen LogP contribution is -2.05. The Morgan fingerprint density at radius 2 is 2.05 bits per heavy atom. The number of halogens is 1. The maximum absolute atomic E-state index is 13.3. The maximum atomic E-state index is 13.3. The highest BCUT2D eigenvalue weighted by molar-refractivity contribution is 5.61. The lowest BCUT2D eigenvalue weighted by Gasteiger charge is -2.04. The van der Waals surface area contributed by atoms with Crippen LogP contribution in [0.3, 0.4) is 0 Å². The first-order chi connectivity index (χ1) is 9.19. The van der Waals surface area contributed by atoms with Gasteiger partial charge in [-0.05, 0) is 42.8 Å². The van der Waals surface area contributed by atoms with Gasteiger partial charge in [-0.2, -0.15) is 9.61 Å². The van der Waals surface area contributed by atoms with Crippen molar-refractivity contribution in [3.8, 4) is 11.3 Å². The Balaban J connectivity index is 2.16. The minimum Gasteiger partial charge on any atom is -0.324 e. The van der Waals surface area contributed by atoms with Crippen molar-refractivity contribution in [2.75, 3.05) is 0 Å². The maximum Gasteiger partial charge on any atom is 0.177 e. The van der Waals surface area contributed by atoms with Crippen LogP contribution in [-0.4, -0.2) is 19.8 Å². The summed E-state index contributed by atoms with van der Waals surface area (Å²) >= 11 is 0. The molecule has 0 saturated carbocycles. The van der Waals surface area contributed by atoms with Gasteiger partial charge < -0.3 is 5.73 Å². The fourth-order valence-corrected chi connectivity index (χ4v) is 1.92. The Morgan fingerprint density at radius 1 is 1.21 bits per heavy atom. The van der Waals surface area contributed by atoms with Crippen molar-refractivity contribution >= 4 is 5.65 Å². The van der Waals surface area contributed by atoms with Crippen LogP contribution in [0.2, 0.25) is 0 Å². The van der Waals surface area contributed by atoms with Crippen molar-refractivity contribution in [3.63, 3.8) is 0 Å². The van der Waals surface area contributed by atoms with E-state index in [2.05, 4.69) is 15.3 Å². The summed E-state index contributed by atoms with van der Waals surface area (Å²) in [6.07, 6.45) is 0. The van der Waals surface area contributed by atoms with Gasteiger partial charge in [-0.1, -0.05) is 0 Å². The number of nitrogens with zero attached hydrogens (tertiary/aromatic N) is 4. The number of hydrogen-bond acceptors (Lipinski definition) is 4. The smallest absolute Gasteiger partial charge is 0.177 e. The topological polar surface area (TPSA) is 69.1 Å². The molecule has 0 amide bonds. The molecule has 0 aliphatic carbocycles. The Hall–Kier alpha value is -2.34. The normalized spacial score (nSPS) is 11.1. The van der Waals surface area contributed by atoms with Crippen LogP contribution in [-0.2, 0) is 6.54 Å². The van der Waals surface area contributed by atoms with Crippen LogP contribution >= 0.6 is 0 Å². The third-order valence-corrected chi connectivity index (χ3v) is 2.96. The van der Waals surface area contributed by atoms with E-state index in [0.29, 0.717) is 17.0 Å². The predicted molar refractivity (Wildman–Crippen MR) is 68.8 cm³/mol. The number of nitrogens with two attached hydrogens (primary N) is 1. The zero-order valence-corrected chi connectivity index (χ0v) is 10.3. The number of aryl methyl sites for hydroxylation is 1. The summed E-state index contributed by atoms with van der Waals surface area (Å²) < 4.78 is 14.9. The molecule has 0 atom stereocenters. The summed E-state index contributed by atoms with van der Waals surface area (Å²) in [7, 11) is 0. The van der Waals surface area contributed by atoms with Crippen LogP contribution in [0.25, 0.3) is 16.9 Å². The minimum atomic E-state index is -0.225. The molecule has 2 N–H and O–H groups in total. The second kappa shape index (κ2) is 4.40. The first-order valence-electron chi connectivity index (χ1n) is 5.87. The third kappa shape index (κ3) is 1.96. The highest BCUT2D eigenvalue weighted by Crippen LogP contribution is 2.20. The number of rotatable bonds is 2. The molecule has 0 bridgehead atoms. The molecule has 0 radical (unpaired) electrons. The Labute approximate surface area is 108 Å².